The normalized spacial score (nSPS) is 15.6. The third kappa shape index (κ3) is 3.61. The fourth-order valence-electron chi connectivity index (χ4n) is 3.73. The van der Waals surface area contributed by atoms with Crippen LogP contribution in [0.15, 0.2) is 29.1 Å². The van der Waals surface area contributed by atoms with E-state index >= 15 is 0 Å². The summed E-state index contributed by atoms with van der Waals surface area (Å²) in [5.74, 6) is 0. The van der Waals surface area contributed by atoms with E-state index in [1.54, 1.807) is 0 Å². The Morgan fingerprint density at radius 2 is 1.81 bits per heavy atom. The third-order valence-electron chi connectivity index (χ3n) is 5.16. The first-order valence-electron chi connectivity index (χ1n) is 9.14. The van der Waals surface area contributed by atoms with Crippen LogP contribution in [0.5, 0.6) is 0 Å². The number of benzene rings is 1. The number of hydrogen-bond acceptors (Lipinski definition) is 5. The van der Waals surface area contributed by atoms with Crippen molar-refractivity contribution >= 4 is 39.0 Å². The van der Waals surface area contributed by atoms with Gasteiger partial charge in [0.2, 0.25) is 0 Å². The maximum atomic E-state index is 12.8. The molecule has 0 N–H and O–H groups in total. The summed E-state index contributed by atoms with van der Waals surface area (Å²) in [7, 11) is 0. The second-order valence-electron chi connectivity index (χ2n) is 7.21. The van der Waals surface area contributed by atoms with Gasteiger partial charge in [-0.15, -0.1) is 0 Å². The van der Waals surface area contributed by atoms with Crippen molar-refractivity contribution in [3.63, 3.8) is 0 Å². The Bertz CT molecular complexity index is 1050. The average Bonchev–Trinajstić information content (AvgIpc) is 2.93. The van der Waals surface area contributed by atoms with E-state index in [1.165, 1.54) is 22.8 Å². The molecule has 0 bridgehead atoms. The van der Waals surface area contributed by atoms with Crippen LogP contribution in [0.2, 0.25) is 5.02 Å². The van der Waals surface area contributed by atoms with Gasteiger partial charge < -0.3 is 4.90 Å². The molecule has 2 aromatic heterocycles. The zero-order valence-electron chi connectivity index (χ0n) is 15.8. The molecule has 1 saturated heterocycles. The van der Waals surface area contributed by atoms with Gasteiger partial charge >= 0.3 is 0 Å². The van der Waals surface area contributed by atoms with Gasteiger partial charge in [0.25, 0.3) is 5.56 Å². The van der Waals surface area contributed by atoms with Crippen LogP contribution in [0, 0.1) is 20.8 Å². The van der Waals surface area contributed by atoms with Crippen molar-refractivity contribution in [1.29, 1.82) is 0 Å². The number of aryl methyl sites for hydroxylation is 3. The molecule has 1 aliphatic heterocycles. The third-order valence-corrected chi connectivity index (χ3v) is 6.37. The zero-order chi connectivity index (χ0) is 19.1. The molecule has 0 amide bonds. The number of halogens is 1. The number of hydrogen-bond donors (Lipinski definition) is 0. The second-order valence-corrected chi connectivity index (χ2v) is 8.66. The number of nitrogens with zero attached hydrogens (tertiary/aromatic N) is 4. The van der Waals surface area contributed by atoms with Gasteiger partial charge in [0, 0.05) is 42.6 Å². The van der Waals surface area contributed by atoms with Gasteiger partial charge in [-0.1, -0.05) is 17.7 Å². The van der Waals surface area contributed by atoms with Crippen molar-refractivity contribution in [1.82, 2.24) is 13.8 Å². The molecule has 0 aliphatic carbocycles. The van der Waals surface area contributed by atoms with Gasteiger partial charge in [-0.05, 0) is 61.6 Å². The maximum absolute atomic E-state index is 12.8. The molecule has 3 aromatic rings. The predicted molar refractivity (Wildman–Crippen MR) is 113 cm³/mol. The van der Waals surface area contributed by atoms with E-state index in [1.807, 2.05) is 36.0 Å². The van der Waals surface area contributed by atoms with Crippen LogP contribution in [0.4, 0.5) is 5.69 Å². The van der Waals surface area contributed by atoms with Crippen molar-refractivity contribution in [2.45, 2.75) is 27.4 Å². The smallest absolute Gasteiger partial charge is 0.271 e. The fraction of sp³-hybridized carbons (Fsp3) is 0.400. The van der Waals surface area contributed by atoms with Crippen LogP contribution < -0.4 is 10.5 Å². The SMILES string of the molecule is Cc1cc(C)c2c(=O)n(CN3CCN(c4cc(Cl)ccc4C)CC3)sc2n1. The fourth-order valence-corrected chi connectivity index (χ4v) is 5.02. The van der Waals surface area contributed by atoms with Crippen LogP contribution in [-0.4, -0.2) is 40.0 Å². The molecule has 4 rings (SSSR count). The summed E-state index contributed by atoms with van der Waals surface area (Å²) >= 11 is 7.64. The lowest BCUT2D eigenvalue weighted by Crippen LogP contribution is -2.47. The molecule has 0 unspecified atom stereocenters. The molecular formula is C20H23ClN4OS. The topological polar surface area (TPSA) is 41.4 Å². The first-order valence-corrected chi connectivity index (χ1v) is 10.3. The number of rotatable bonds is 3. The molecule has 0 spiro atoms. The predicted octanol–water partition coefficient (Wildman–Crippen LogP) is 3.82. The maximum Gasteiger partial charge on any atom is 0.271 e. The molecule has 1 fully saturated rings. The minimum absolute atomic E-state index is 0.0770. The zero-order valence-corrected chi connectivity index (χ0v) is 17.4. The molecule has 0 radical (unpaired) electrons. The Hall–Kier alpha value is -1.89. The quantitative estimate of drug-likeness (QED) is 0.667. The van der Waals surface area contributed by atoms with Crippen LogP contribution in [0.1, 0.15) is 16.8 Å². The first kappa shape index (κ1) is 18.5. The van der Waals surface area contributed by atoms with E-state index in [-0.39, 0.29) is 5.56 Å². The highest BCUT2D eigenvalue weighted by atomic mass is 35.5. The van der Waals surface area contributed by atoms with Crippen LogP contribution in [0.25, 0.3) is 10.2 Å². The molecule has 5 nitrogen and oxygen atoms in total. The molecule has 142 valence electrons. The molecular weight excluding hydrogens is 380 g/mol. The molecule has 27 heavy (non-hydrogen) atoms. The summed E-state index contributed by atoms with van der Waals surface area (Å²) in [4.78, 5) is 22.9. The van der Waals surface area contributed by atoms with Crippen LogP contribution in [-0.2, 0) is 6.67 Å². The average molecular weight is 403 g/mol. The minimum atomic E-state index is 0.0770. The Labute approximate surface area is 167 Å². The van der Waals surface area contributed by atoms with Gasteiger partial charge in [0.15, 0.2) is 0 Å². The van der Waals surface area contributed by atoms with Crippen LogP contribution in [0.3, 0.4) is 0 Å². The Kier molecular flexibility index (Phi) is 4.97. The lowest BCUT2D eigenvalue weighted by atomic mass is 10.1. The van der Waals surface area contributed by atoms with E-state index < -0.39 is 0 Å². The van der Waals surface area contributed by atoms with Gasteiger partial charge in [0.1, 0.15) is 4.83 Å². The van der Waals surface area contributed by atoms with E-state index in [9.17, 15) is 4.79 Å². The van der Waals surface area contributed by atoms with Gasteiger partial charge in [-0.25, -0.2) is 8.94 Å². The summed E-state index contributed by atoms with van der Waals surface area (Å²) in [5.41, 5.74) is 4.49. The Morgan fingerprint density at radius 3 is 2.56 bits per heavy atom. The minimum Gasteiger partial charge on any atom is -0.369 e. The van der Waals surface area contributed by atoms with Crippen molar-refractivity contribution in [2.75, 3.05) is 31.1 Å². The Morgan fingerprint density at radius 1 is 1.07 bits per heavy atom. The summed E-state index contributed by atoms with van der Waals surface area (Å²) < 4.78 is 1.84. The largest absolute Gasteiger partial charge is 0.369 e. The number of pyridine rings is 1. The summed E-state index contributed by atoms with van der Waals surface area (Å²) in [6, 6.07) is 8.02. The van der Waals surface area contributed by atoms with E-state index in [4.69, 9.17) is 11.6 Å². The van der Waals surface area contributed by atoms with Gasteiger partial charge in [0.05, 0.1) is 12.1 Å². The van der Waals surface area contributed by atoms with E-state index in [2.05, 4.69) is 27.8 Å². The summed E-state index contributed by atoms with van der Waals surface area (Å²) in [5, 5.41) is 1.53. The number of piperazine rings is 1. The molecule has 3 heterocycles. The lowest BCUT2D eigenvalue weighted by molar-refractivity contribution is 0.212. The number of fused-ring (bicyclic) bond motifs is 1. The van der Waals surface area contributed by atoms with E-state index in [0.717, 1.165) is 52.7 Å². The molecule has 0 saturated carbocycles. The lowest BCUT2D eigenvalue weighted by Gasteiger charge is -2.36. The van der Waals surface area contributed by atoms with Gasteiger partial charge in [-0.3, -0.25) is 9.69 Å². The first-order chi connectivity index (χ1) is 12.9. The van der Waals surface area contributed by atoms with Crippen molar-refractivity contribution in [3.8, 4) is 0 Å². The molecule has 0 atom stereocenters. The summed E-state index contributed by atoms with van der Waals surface area (Å²) in [6.07, 6.45) is 0. The monoisotopic (exact) mass is 402 g/mol. The van der Waals surface area contributed by atoms with Crippen molar-refractivity contribution in [3.05, 3.63) is 56.5 Å². The second kappa shape index (κ2) is 7.26. The summed E-state index contributed by atoms with van der Waals surface area (Å²) in [6.45, 7) is 10.4. The van der Waals surface area contributed by atoms with Crippen LogP contribution >= 0.6 is 23.1 Å². The standard InChI is InChI=1S/C20H23ClN4OS/c1-13-4-5-16(21)11-17(13)24-8-6-23(7-9-24)12-25-20(26)18-14(2)10-15(3)22-19(18)27-25/h4-5,10-11H,6-9,12H2,1-3H3. The molecule has 7 heteroatoms. The number of anilines is 1. The highest BCUT2D eigenvalue weighted by molar-refractivity contribution is 7.13. The van der Waals surface area contributed by atoms with E-state index in [0.29, 0.717) is 6.67 Å². The highest BCUT2D eigenvalue weighted by Gasteiger charge is 2.20. The van der Waals surface area contributed by atoms with Crippen molar-refractivity contribution in [2.24, 2.45) is 0 Å². The van der Waals surface area contributed by atoms with Crippen molar-refractivity contribution < 1.29 is 0 Å². The molecule has 1 aliphatic rings. The number of aromatic nitrogens is 2. The van der Waals surface area contributed by atoms with Gasteiger partial charge in [-0.2, -0.15) is 0 Å². The Balaban J connectivity index is 1.49. The molecule has 1 aromatic carbocycles. The highest BCUT2D eigenvalue weighted by Crippen LogP contribution is 2.25.